The van der Waals surface area contributed by atoms with E-state index in [2.05, 4.69) is 33.9 Å². The Kier molecular flexibility index (Phi) is 3.85. The zero-order chi connectivity index (χ0) is 10.4. The van der Waals surface area contributed by atoms with Crippen molar-refractivity contribution < 1.29 is 0 Å². The Hall–Kier alpha value is -1.64. The third-order valence-electron chi connectivity index (χ3n) is 1.76. The lowest BCUT2D eigenvalue weighted by molar-refractivity contribution is 1.28. The Balaban J connectivity index is 3.00. The summed E-state index contributed by atoms with van der Waals surface area (Å²) < 4.78 is 0. The van der Waals surface area contributed by atoms with Gasteiger partial charge in [-0.05, 0) is 23.9 Å². The normalized spacial score (nSPS) is 10.7. The number of hydrogen-bond donors (Lipinski definition) is 2. The number of allylic oxidation sites excluding steroid dienone is 2. The van der Waals surface area contributed by atoms with Gasteiger partial charge in [-0.1, -0.05) is 18.7 Å². The summed E-state index contributed by atoms with van der Waals surface area (Å²) >= 11 is 4.51. The van der Waals surface area contributed by atoms with E-state index in [4.69, 9.17) is 5.73 Å². The summed E-state index contributed by atoms with van der Waals surface area (Å²) in [6, 6.07) is 1.89. The topological polar surface area (TPSA) is 54.2 Å². The second-order valence-electron chi connectivity index (χ2n) is 2.64. The van der Waals surface area contributed by atoms with Crippen molar-refractivity contribution >= 4 is 28.8 Å². The minimum absolute atomic E-state index is 0.470. The van der Waals surface area contributed by atoms with Crippen LogP contribution in [0.3, 0.4) is 0 Å². The van der Waals surface area contributed by atoms with Gasteiger partial charge >= 0.3 is 0 Å². The van der Waals surface area contributed by atoms with Crippen molar-refractivity contribution in [2.24, 2.45) is 4.99 Å². The van der Waals surface area contributed by atoms with E-state index >= 15 is 0 Å². The fraction of sp³-hybridized carbons (Fsp3) is 0.100. The molecule has 1 heterocycles. The first-order valence-electron chi connectivity index (χ1n) is 4.08. The maximum Gasteiger partial charge on any atom is 0.108 e. The van der Waals surface area contributed by atoms with Gasteiger partial charge in [-0.15, -0.1) is 0 Å². The monoisotopic (exact) mass is 205 g/mol. The summed E-state index contributed by atoms with van der Waals surface area (Å²) in [5, 5.41) is 2.32. The van der Waals surface area contributed by atoms with Crippen molar-refractivity contribution in [1.82, 2.24) is 4.98 Å². The highest BCUT2D eigenvalue weighted by Gasteiger charge is 2.04. The molecule has 3 nitrogen and oxygen atoms in total. The molecule has 0 saturated carbocycles. The van der Waals surface area contributed by atoms with E-state index in [1.54, 1.807) is 12.3 Å². The predicted octanol–water partition coefficient (Wildman–Crippen LogP) is 2.27. The van der Waals surface area contributed by atoms with Crippen molar-refractivity contribution in [3.63, 3.8) is 0 Å². The molecule has 0 amide bonds. The van der Waals surface area contributed by atoms with E-state index in [1.165, 1.54) is 0 Å². The van der Waals surface area contributed by atoms with Gasteiger partial charge in [0.2, 0.25) is 0 Å². The average molecular weight is 205 g/mol. The molecule has 0 fully saturated rings. The standard InChI is InChI=1S/C10H11N3S/c1-2-3-8(6-12-7-14)9-4-5-13-10(9)11/h2-5,13H,1,6,11H2/b8-3-. The van der Waals surface area contributed by atoms with E-state index in [9.17, 15) is 0 Å². The van der Waals surface area contributed by atoms with Crippen LogP contribution >= 0.6 is 12.2 Å². The van der Waals surface area contributed by atoms with Crippen LogP contribution in [0.5, 0.6) is 0 Å². The smallest absolute Gasteiger partial charge is 0.108 e. The van der Waals surface area contributed by atoms with Gasteiger partial charge in [0.05, 0.1) is 11.7 Å². The molecule has 1 aromatic heterocycles. The van der Waals surface area contributed by atoms with Gasteiger partial charge in [0.25, 0.3) is 0 Å². The lowest BCUT2D eigenvalue weighted by Crippen LogP contribution is -1.93. The van der Waals surface area contributed by atoms with Crippen LogP contribution in [0.15, 0.2) is 36.0 Å². The molecule has 0 aromatic carbocycles. The van der Waals surface area contributed by atoms with Crippen LogP contribution in [0.4, 0.5) is 5.82 Å². The van der Waals surface area contributed by atoms with Crippen LogP contribution in [0, 0.1) is 0 Å². The number of H-pyrrole nitrogens is 1. The first-order chi connectivity index (χ1) is 6.79. The minimum Gasteiger partial charge on any atom is -0.385 e. The third-order valence-corrected chi connectivity index (χ3v) is 1.89. The summed E-state index contributed by atoms with van der Waals surface area (Å²) in [4.78, 5) is 6.77. The van der Waals surface area contributed by atoms with Crippen molar-refractivity contribution in [3.8, 4) is 0 Å². The molecule has 0 radical (unpaired) electrons. The third kappa shape index (κ3) is 2.42. The summed E-state index contributed by atoms with van der Waals surface area (Å²) in [6.07, 6.45) is 5.33. The summed E-state index contributed by atoms with van der Waals surface area (Å²) in [5.41, 5.74) is 7.62. The van der Waals surface area contributed by atoms with Gasteiger partial charge in [-0.25, -0.2) is 4.99 Å². The van der Waals surface area contributed by atoms with Gasteiger partial charge in [0.15, 0.2) is 0 Å². The number of hydrogen-bond acceptors (Lipinski definition) is 3. The number of isothiocyanates is 1. The molecule has 0 spiro atoms. The number of rotatable bonds is 4. The molecule has 0 aliphatic carbocycles. The highest BCUT2D eigenvalue weighted by molar-refractivity contribution is 7.78. The largest absolute Gasteiger partial charge is 0.385 e. The highest BCUT2D eigenvalue weighted by atomic mass is 32.1. The van der Waals surface area contributed by atoms with Crippen LogP contribution in [0.25, 0.3) is 5.57 Å². The zero-order valence-electron chi connectivity index (χ0n) is 7.66. The van der Waals surface area contributed by atoms with E-state index in [-0.39, 0.29) is 0 Å². The van der Waals surface area contributed by atoms with Gasteiger partial charge in [-0.2, -0.15) is 0 Å². The Bertz CT molecular complexity index is 397. The van der Waals surface area contributed by atoms with Gasteiger partial charge in [-0.3, -0.25) is 0 Å². The Labute approximate surface area is 88.0 Å². The molecule has 1 aromatic rings. The van der Waals surface area contributed by atoms with Crippen LogP contribution in [0.2, 0.25) is 0 Å². The van der Waals surface area contributed by atoms with E-state index in [0.717, 1.165) is 11.1 Å². The van der Waals surface area contributed by atoms with Crippen molar-refractivity contribution in [3.05, 3.63) is 36.6 Å². The molecule has 0 aliphatic rings. The molecule has 0 saturated heterocycles. The highest BCUT2D eigenvalue weighted by Crippen LogP contribution is 2.20. The minimum atomic E-state index is 0.470. The number of thiocarbonyl (C=S) groups is 1. The summed E-state index contributed by atoms with van der Waals surface area (Å²) in [5.74, 6) is 0.623. The number of aliphatic imine (C=N–C) groups is 1. The molecule has 3 N–H and O–H groups in total. The van der Waals surface area contributed by atoms with Crippen LogP contribution < -0.4 is 5.73 Å². The fourth-order valence-electron chi connectivity index (χ4n) is 1.15. The molecule has 4 heteroatoms. The number of anilines is 1. The summed E-state index contributed by atoms with van der Waals surface area (Å²) in [7, 11) is 0. The van der Waals surface area contributed by atoms with E-state index in [0.29, 0.717) is 12.4 Å². The quantitative estimate of drug-likeness (QED) is 0.450. The second-order valence-corrected chi connectivity index (χ2v) is 2.82. The zero-order valence-corrected chi connectivity index (χ0v) is 8.47. The average Bonchev–Trinajstić information content (AvgIpc) is 2.59. The van der Waals surface area contributed by atoms with Gasteiger partial charge in [0, 0.05) is 11.8 Å². The molecular weight excluding hydrogens is 194 g/mol. The van der Waals surface area contributed by atoms with E-state index in [1.807, 2.05) is 12.1 Å². The molecular formula is C10H11N3S. The molecule has 14 heavy (non-hydrogen) atoms. The number of aromatic amines is 1. The molecule has 0 bridgehead atoms. The molecule has 0 aliphatic heterocycles. The number of nitrogens with one attached hydrogen (secondary N) is 1. The lowest BCUT2D eigenvalue weighted by atomic mass is 10.1. The maximum atomic E-state index is 5.72. The Morgan fingerprint density at radius 1 is 1.79 bits per heavy atom. The number of nitrogen functional groups attached to an aromatic ring is 1. The van der Waals surface area contributed by atoms with Gasteiger partial charge < -0.3 is 10.7 Å². The van der Waals surface area contributed by atoms with Crippen LogP contribution in [0.1, 0.15) is 5.56 Å². The SMILES string of the molecule is C=C/C=C(/CN=C=S)c1cc[nH]c1N. The molecule has 0 unspecified atom stereocenters. The molecule has 0 atom stereocenters. The fourth-order valence-corrected chi connectivity index (χ4v) is 1.21. The molecule has 72 valence electrons. The first kappa shape index (κ1) is 10.4. The van der Waals surface area contributed by atoms with Crippen LogP contribution in [-0.2, 0) is 0 Å². The second kappa shape index (κ2) is 5.17. The Morgan fingerprint density at radius 2 is 2.57 bits per heavy atom. The number of nitrogens with zero attached hydrogens (tertiary/aromatic N) is 1. The van der Waals surface area contributed by atoms with Gasteiger partial charge in [0.1, 0.15) is 5.82 Å². The first-order valence-corrected chi connectivity index (χ1v) is 4.49. The van der Waals surface area contributed by atoms with Crippen LogP contribution in [-0.4, -0.2) is 16.7 Å². The molecule has 1 rings (SSSR count). The number of aromatic nitrogens is 1. The summed E-state index contributed by atoms with van der Waals surface area (Å²) in [6.45, 7) is 4.10. The van der Waals surface area contributed by atoms with E-state index < -0.39 is 0 Å². The lowest BCUT2D eigenvalue weighted by Gasteiger charge is -2.01. The van der Waals surface area contributed by atoms with Crippen molar-refractivity contribution in [1.29, 1.82) is 0 Å². The number of nitrogens with two attached hydrogens (primary N) is 1. The predicted molar refractivity (Wildman–Crippen MR) is 63.3 cm³/mol. The van der Waals surface area contributed by atoms with Crippen molar-refractivity contribution in [2.45, 2.75) is 0 Å². The Morgan fingerprint density at radius 3 is 3.07 bits per heavy atom. The van der Waals surface area contributed by atoms with Crippen molar-refractivity contribution in [2.75, 3.05) is 12.3 Å². The maximum absolute atomic E-state index is 5.72.